The lowest BCUT2D eigenvalue weighted by molar-refractivity contribution is -0.122. The van der Waals surface area contributed by atoms with Crippen molar-refractivity contribution in [3.05, 3.63) is 65.7 Å². The second kappa shape index (κ2) is 13.8. The fourth-order valence-corrected chi connectivity index (χ4v) is 4.81. The number of benzene rings is 2. The van der Waals surface area contributed by atoms with E-state index in [9.17, 15) is 9.90 Å². The van der Waals surface area contributed by atoms with Crippen LogP contribution in [0, 0.1) is 5.92 Å². The van der Waals surface area contributed by atoms with Crippen molar-refractivity contribution in [3.8, 4) is 11.5 Å². The Hall–Kier alpha value is -3.32. The molecule has 7 nitrogen and oxygen atoms in total. The maximum absolute atomic E-state index is 12.6. The molecule has 0 heterocycles. The van der Waals surface area contributed by atoms with E-state index < -0.39 is 5.60 Å². The van der Waals surface area contributed by atoms with E-state index in [0.717, 1.165) is 43.4 Å². The highest BCUT2D eigenvalue weighted by Gasteiger charge is 2.30. The van der Waals surface area contributed by atoms with E-state index in [2.05, 4.69) is 28.5 Å². The lowest BCUT2D eigenvalue weighted by Gasteiger charge is -2.30. The fraction of sp³-hybridized carbons (Fsp3) is 0.467. The van der Waals surface area contributed by atoms with Crippen LogP contribution in [0.2, 0.25) is 0 Å². The van der Waals surface area contributed by atoms with Gasteiger partial charge < -0.3 is 25.6 Å². The predicted molar refractivity (Wildman–Crippen MR) is 149 cm³/mol. The number of methoxy groups -OCH3 is 2. The molecule has 2 atom stereocenters. The molecule has 3 rings (SSSR count). The Morgan fingerprint density at radius 3 is 2.59 bits per heavy atom. The molecular weight excluding hydrogens is 466 g/mol. The van der Waals surface area contributed by atoms with Gasteiger partial charge in [0.05, 0.1) is 19.8 Å². The summed E-state index contributed by atoms with van der Waals surface area (Å²) in [4.78, 5) is 16.6. The largest absolute Gasteiger partial charge is 0.493 e. The number of ketones is 1. The molecule has 0 fully saturated rings. The number of nitrogens with one attached hydrogen (secondary N) is 1. The van der Waals surface area contributed by atoms with Crippen LogP contribution in [-0.4, -0.2) is 43.7 Å². The third-order valence-corrected chi connectivity index (χ3v) is 7.00. The second-order valence-corrected chi connectivity index (χ2v) is 9.85. The number of rotatable bonds is 13. The predicted octanol–water partition coefficient (Wildman–Crippen LogP) is 5.06. The van der Waals surface area contributed by atoms with Gasteiger partial charge in [-0.25, -0.2) is 0 Å². The number of nitrogens with two attached hydrogens (primary N) is 1. The zero-order chi connectivity index (χ0) is 26.7. The van der Waals surface area contributed by atoms with Crippen molar-refractivity contribution in [1.82, 2.24) is 0 Å². The van der Waals surface area contributed by atoms with Crippen LogP contribution in [0.4, 0.5) is 5.69 Å². The number of ether oxygens (including phenoxy) is 2. The van der Waals surface area contributed by atoms with Gasteiger partial charge in [-0.1, -0.05) is 36.8 Å². The summed E-state index contributed by atoms with van der Waals surface area (Å²) in [6.45, 7) is 0. The Labute approximate surface area is 220 Å². The summed E-state index contributed by atoms with van der Waals surface area (Å²) in [6, 6.07) is 13.9. The minimum atomic E-state index is -1.03. The van der Waals surface area contributed by atoms with Crippen LogP contribution in [0.1, 0.15) is 56.1 Å². The summed E-state index contributed by atoms with van der Waals surface area (Å²) in [5.74, 6) is 2.26. The number of nitrogens with zero attached hydrogens (tertiary/aromatic N) is 1. The summed E-state index contributed by atoms with van der Waals surface area (Å²) in [5, 5.41) is 14.0. The van der Waals surface area contributed by atoms with Crippen LogP contribution in [0.15, 0.2) is 59.6 Å². The van der Waals surface area contributed by atoms with Crippen molar-refractivity contribution >= 4 is 17.4 Å². The number of allylic oxidation sites excluding steroid dienone is 1. The van der Waals surface area contributed by atoms with Gasteiger partial charge in [-0.2, -0.15) is 0 Å². The van der Waals surface area contributed by atoms with Gasteiger partial charge in [-0.3, -0.25) is 9.79 Å². The molecule has 0 amide bonds. The molecule has 1 aliphatic carbocycles. The SMILES string of the molecule is CN=C(N)Nc1cccc(CCCC[C@H]2C=C[C@@](O)(CC(=O)CCc3ccc(OC)c(OC)c3)CC2)c1. The lowest BCUT2D eigenvalue weighted by Crippen LogP contribution is -2.32. The number of aryl methyl sites for hydroxylation is 2. The van der Waals surface area contributed by atoms with E-state index in [1.54, 1.807) is 21.3 Å². The molecule has 2 aromatic carbocycles. The molecule has 1 aliphatic rings. The topological polar surface area (TPSA) is 106 Å². The number of anilines is 1. The molecule has 0 radical (unpaired) electrons. The van der Waals surface area contributed by atoms with Gasteiger partial charge in [-0.15, -0.1) is 0 Å². The number of hydrogen-bond acceptors (Lipinski definition) is 5. The van der Waals surface area contributed by atoms with Gasteiger partial charge in [-0.05, 0) is 79.8 Å². The van der Waals surface area contributed by atoms with Crippen molar-refractivity contribution < 1.29 is 19.4 Å². The maximum Gasteiger partial charge on any atom is 0.192 e. The number of Topliss-reactive ketones (excluding diaryl/α,β-unsaturated/α-hetero) is 1. The highest BCUT2D eigenvalue weighted by molar-refractivity contribution is 5.92. The molecule has 2 aromatic rings. The van der Waals surface area contributed by atoms with Crippen LogP contribution < -0.4 is 20.5 Å². The molecule has 0 saturated heterocycles. The van der Waals surface area contributed by atoms with Crippen LogP contribution >= 0.6 is 0 Å². The number of carbonyl (C=O) groups is 1. The van der Waals surface area contributed by atoms with E-state index >= 15 is 0 Å². The molecule has 4 N–H and O–H groups in total. The molecule has 0 aromatic heterocycles. The summed E-state index contributed by atoms with van der Waals surface area (Å²) in [6.07, 6.45) is 11.0. The van der Waals surface area contributed by atoms with Gasteiger partial charge in [0.15, 0.2) is 17.5 Å². The molecule has 0 spiro atoms. The minimum absolute atomic E-state index is 0.0732. The van der Waals surface area contributed by atoms with Gasteiger partial charge in [0.2, 0.25) is 0 Å². The number of hydrogen-bond donors (Lipinski definition) is 3. The molecule has 0 saturated carbocycles. The maximum atomic E-state index is 12.6. The average molecular weight is 508 g/mol. The molecular formula is C30H41N3O4. The van der Waals surface area contributed by atoms with Crippen molar-refractivity contribution in [2.24, 2.45) is 16.6 Å². The van der Waals surface area contributed by atoms with Crippen LogP contribution in [0.5, 0.6) is 11.5 Å². The number of aliphatic imine (C=N–C) groups is 1. The molecule has 37 heavy (non-hydrogen) atoms. The van der Waals surface area contributed by atoms with Crippen LogP contribution in [0.3, 0.4) is 0 Å². The van der Waals surface area contributed by atoms with E-state index in [1.807, 2.05) is 36.4 Å². The highest BCUT2D eigenvalue weighted by atomic mass is 16.5. The van der Waals surface area contributed by atoms with E-state index in [4.69, 9.17) is 15.2 Å². The van der Waals surface area contributed by atoms with E-state index in [0.29, 0.717) is 42.6 Å². The Morgan fingerprint density at radius 1 is 1.11 bits per heavy atom. The van der Waals surface area contributed by atoms with Crippen molar-refractivity contribution in [2.45, 2.75) is 63.4 Å². The van der Waals surface area contributed by atoms with Gasteiger partial charge in [0.25, 0.3) is 0 Å². The first-order valence-electron chi connectivity index (χ1n) is 13.1. The van der Waals surface area contributed by atoms with Gasteiger partial charge in [0, 0.05) is 25.6 Å². The zero-order valence-electron chi connectivity index (χ0n) is 22.3. The summed E-state index contributed by atoms with van der Waals surface area (Å²) in [7, 11) is 4.86. The number of carbonyl (C=O) groups excluding carboxylic acids is 1. The van der Waals surface area contributed by atoms with Gasteiger partial charge in [0.1, 0.15) is 5.78 Å². The van der Waals surface area contributed by atoms with Crippen LogP contribution in [-0.2, 0) is 17.6 Å². The van der Waals surface area contributed by atoms with Crippen molar-refractivity contribution in [1.29, 1.82) is 0 Å². The molecule has 0 aliphatic heterocycles. The fourth-order valence-electron chi connectivity index (χ4n) is 4.81. The number of aliphatic hydroxyl groups is 1. The lowest BCUT2D eigenvalue weighted by atomic mass is 9.80. The zero-order valence-corrected chi connectivity index (χ0v) is 22.3. The standard InChI is InChI=1S/C30H41N3O4/c1-32-29(31)33-25-10-6-9-23(19-25)8-5-4-7-22-15-17-30(35,18-16-22)21-26(34)13-11-24-12-14-27(36-2)28(20-24)37-3/h6,9-10,12,14-15,17,19-20,22,35H,4-5,7-8,11,13,16,18,21H2,1-3H3,(H3,31,32,33)/t22-,30-/m0/s1. The van der Waals surface area contributed by atoms with Crippen molar-refractivity contribution in [3.63, 3.8) is 0 Å². The third-order valence-electron chi connectivity index (χ3n) is 7.00. The Kier molecular flexibility index (Phi) is 10.6. The molecule has 0 bridgehead atoms. The van der Waals surface area contributed by atoms with Gasteiger partial charge >= 0.3 is 0 Å². The minimum Gasteiger partial charge on any atom is -0.493 e. The first-order chi connectivity index (χ1) is 17.8. The van der Waals surface area contributed by atoms with E-state index in [1.165, 1.54) is 5.56 Å². The first-order valence-corrected chi connectivity index (χ1v) is 13.1. The first kappa shape index (κ1) is 28.3. The Morgan fingerprint density at radius 2 is 1.89 bits per heavy atom. The number of guanidine groups is 1. The normalized spacial score (nSPS) is 19.5. The summed E-state index contributed by atoms with van der Waals surface area (Å²) >= 11 is 0. The Bertz CT molecular complexity index is 1100. The molecule has 0 unspecified atom stereocenters. The Balaban J connectivity index is 1.39. The number of unbranched alkanes of at least 4 members (excludes halogenated alkanes) is 1. The smallest absolute Gasteiger partial charge is 0.192 e. The molecule has 7 heteroatoms. The summed E-state index contributed by atoms with van der Waals surface area (Å²) < 4.78 is 10.6. The van der Waals surface area contributed by atoms with E-state index in [-0.39, 0.29) is 12.2 Å². The second-order valence-electron chi connectivity index (χ2n) is 9.85. The summed E-state index contributed by atoms with van der Waals surface area (Å²) in [5.41, 5.74) is 7.96. The average Bonchev–Trinajstić information content (AvgIpc) is 2.90. The molecule has 200 valence electrons. The quantitative estimate of drug-likeness (QED) is 0.151. The highest BCUT2D eigenvalue weighted by Crippen LogP contribution is 2.32. The van der Waals surface area contributed by atoms with Crippen LogP contribution in [0.25, 0.3) is 0 Å². The van der Waals surface area contributed by atoms with Crippen molar-refractivity contribution in [2.75, 3.05) is 26.6 Å². The third kappa shape index (κ3) is 8.93. The monoisotopic (exact) mass is 507 g/mol.